The molecule has 2 nitrogen and oxygen atoms in total. The van der Waals surface area contributed by atoms with Crippen molar-refractivity contribution in [2.75, 3.05) is 0 Å². The molecule has 2 unspecified atom stereocenters. The van der Waals surface area contributed by atoms with E-state index in [4.69, 9.17) is 17.3 Å². The monoisotopic (exact) mass is 211 g/mol. The van der Waals surface area contributed by atoms with Crippen molar-refractivity contribution in [2.45, 2.75) is 30.9 Å². The smallest absolute Gasteiger partial charge is 0.0926 e. The van der Waals surface area contributed by atoms with E-state index >= 15 is 0 Å². The van der Waals surface area contributed by atoms with Crippen LogP contribution in [0, 0.1) is 0 Å². The van der Waals surface area contributed by atoms with Crippen molar-refractivity contribution < 1.29 is 5.11 Å². The third-order valence-corrected chi connectivity index (χ3v) is 3.23. The Bertz CT molecular complexity index is 342. The average molecular weight is 212 g/mol. The summed E-state index contributed by atoms with van der Waals surface area (Å²) in [5, 5.41) is 11.0. The Balaban J connectivity index is 2.35. The predicted octanol–water partition coefficient (Wildman–Crippen LogP) is 2.04. The van der Waals surface area contributed by atoms with Crippen molar-refractivity contribution in [2.24, 2.45) is 5.73 Å². The minimum absolute atomic E-state index is 0.0938. The predicted molar refractivity (Wildman–Crippen MR) is 57.2 cm³/mol. The molecule has 2 atom stereocenters. The number of nitrogens with two attached hydrogens (primary N) is 1. The molecule has 0 bridgehead atoms. The van der Waals surface area contributed by atoms with Crippen LogP contribution in [0.2, 0.25) is 5.02 Å². The average Bonchev–Trinajstić information content (AvgIpc) is 2.48. The van der Waals surface area contributed by atoms with Crippen molar-refractivity contribution in [1.29, 1.82) is 0 Å². The Morgan fingerprint density at radius 2 is 2.14 bits per heavy atom. The number of hydrogen-bond donors (Lipinski definition) is 2. The number of aliphatic hydroxyl groups is 1. The van der Waals surface area contributed by atoms with E-state index in [0.717, 1.165) is 12.0 Å². The van der Waals surface area contributed by atoms with Crippen LogP contribution in [0.25, 0.3) is 0 Å². The molecule has 1 aliphatic carbocycles. The van der Waals surface area contributed by atoms with Crippen LogP contribution in [-0.4, -0.2) is 11.1 Å². The fourth-order valence-corrected chi connectivity index (χ4v) is 2.46. The highest BCUT2D eigenvalue weighted by Crippen LogP contribution is 2.40. The minimum Gasteiger partial charge on any atom is -0.385 e. The van der Waals surface area contributed by atoms with Gasteiger partial charge in [0.05, 0.1) is 5.60 Å². The maximum Gasteiger partial charge on any atom is 0.0926 e. The molecule has 0 aliphatic heterocycles. The normalized spacial score (nSPS) is 32.1. The zero-order valence-corrected chi connectivity index (χ0v) is 8.67. The van der Waals surface area contributed by atoms with Gasteiger partial charge in [-0.1, -0.05) is 29.8 Å². The van der Waals surface area contributed by atoms with E-state index in [0.29, 0.717) is 17.9 Å². The van der Waals surface area contributed by atoms with E-state index in [2.05, 4.69) is 0 Å². The molecule has 0 spiro atoms. The van der Waals surface area contributed by atoms with Gasteiger partial charge in [-0.05, 0) is 25.3 Å². The first-order chi connectivity index (χ1) is 6.62. The van der Waals surface area contributed by atoms with Gasteiger partial charge in [-0.3, -0.25) is 0 Å². The van der Waals surface area contributed by atoms with E-state index in [-0.39, 0.29) is 6.04 Å². The Morgan fingerprint density at radius 1 is 1.43 bits per heavy atom. The molecule has 0 heterocycles. The van der Waals surface area contributed by atoms with Gasteiger partial charge < -0.3 is 10.8 Å². The highest BCUT2D eigenvalue weighted by molar-refractivity contribution is 6.31. The molecule has 3 N–H and O–H groups in total. The van der Waals surface area contributed by atoms with Crippen molar-refractivity contribution in [3.8, 4) is 0 Å². The van der Waals surface area contributed by atoms with Crippen LogP contribution in [0.1, 0.15) is 24.8 Å². The standard InChI is InChI=1S/C11H14ClNO/c12-10-4-2-1-3-9(10)11(14)6-5-8(13)7-11/h1-4,8,14H,5-7,13H2. The maximum absolute atomic E-state index is 10.3. The molecule has 0 amide bonds. The summed E-state index contributed by atoms with van der Waals surface area (Å²) in [5.41, 5.74) is 5.80. The van der Waals surface area contributed by atoms with E-state index < -0.39 is 5.60 Å². The SMILES string of the molecule is NC1CCC(O)(c2ccccc2Cl)C1. The molecule has 0 radical (unpaired) electrons. The first-order valence-corrected chi connectivity index (χ1v) is 5.22. The topological polar surface area (TPSA) is 46.2 Å². The zero-order chi connectivity index (χ0) is 10.2. The lowest BCUT2D eigenvalue weighted by Crippen LogP contribution is -2.25. The van der Waals surface area contributed by atoms with Crippen LogP contribution in [0.5, 0.6) is 0 Å². The molecule has 1 fully saturated rings. The fraction of sp³-hybridized carbons (Fsp3) is 0.455. The van der Waals surface area contributed by atoms with Crippen LogP contribution in [0.3, 0.4) is 0 Å². The van der Waals surface area contributed by atoms with E-state index in [1.165, 1.54) is 0 Å². The van der Waals surface area contributed by atoms with Gasteiger partial charge in [0.1, 0.15) is 0 Å². The number of benzene rings is 1. The van der Waals surface area contributed by atoms with E-state index in [1.807, 2.05) is 18.2 Å². The second-order valence-electron chi connectivity index (χ2n) is 4.01. The Morgan fingerprint density at radius 3 is 2.71 bits per heavy atom. The highest BCUT2D eigenvalue weighted by Gasteiger charge is 2.38. The molecule has 14 heavy (non-hydrogen) atoms. The maximum atomic E-state index is 10.3. The van der Waals surface area contributed by atoms with Gasteiger partial charge in [0.25, 0.3) is 0 Å². The molecule has 76 valence electrons. The first-order valence-electron chi connectivity index (χ1n) is 4.85. The number of hydrogen-bond acceptors (Lipinski definition) is 2. The second-order valence-corrected chi connectivity index (χ2v) is 4.42. The van der Waals surface area contributed by atoms with Gasteiger partial charge in [-0.15, -0.1) is 0 Å². The number of rotatable bonds is 1. The Hall–Kier alpha value is -0.570. The molecule has 1 aromatic rings. The van der Waals surface area contributed by atoms with Gasteiger partial charge >= 0.3 is 0 Å². The van der Waals surface area contributed by atoms with Gasteiger partial charge in [0, 0.05) is 16.6 Å². The molecule has 1 aliphatic rings. The summed E-state index contributed by atoms with van der Waals surface area (Å²) in [6.45, 7) is 0. The first kappa shape index (κ1) is 9.97. The molecule has 0 aromatic heterocycles. The van der Waals surface area contributed by atoms with Crippen molar-refractivity contribution in [3.05, 3.63) is 34.9 Å². The highest BCUT2D eigenvalue weighted by atomic mass is 35.5. The summed E-state index contributed by atoms with van der Waals surface area (Å²) < 4.78 is 0. The van der Waals surface area contributed by atoms with Crippen LogP contribution >= 0.6 is 11.6 Å². The second kappa shape index (κ2) is 3.54. The number of halogens is 1. The van der Waals surface area contributed by atoms with Crippen molar-refractivity contribution in [3.63, 3.8) is 0 Å². The molecule has 1 aromatic carbocycles. The lowest BCUT2D eigenvalue weighted by Gasteiger charge is -2.24. The molecule has 3 heteroatoms. The summed E-state index contributed by atoms with van der Waals surface area (Å²) in [4.78, 5) is 0. The molecular formula is C11H14ClNO. The summed E-state index contributed by atoms with van der Waals surface area (Å²) in [6, 6.07) is 7.53. The van der Waals surface area contributed by atoms with E-state index in [9.17, 15) is 5.11 Å². The Kier molecular flexibility index (Phi) is 2.52. The lowest BCUT2D eigenvalue weighted by atomic mass is 9.92. The largest absolute Gasteiger partial charge is 0.385 e. The van der Waals surface area contributed by atoms with Gasteiger partial charge in [-0.25, -0.2) is 0 Å². The summed E-state index contributed by atoms with van der Waals surface area (Å²) in [5.74, 6) is 0. The summed E-state index contributed by atoms with van der Waals surface area (Å²) >= 11 is 6.04. The molecule has 2 rings (SSSR count). The van der Waals surface area contributed by atoms with Crippen molar-refractivity contribution >= 4 is 11.6 Å². The summed E-state index contributed by atoms with van der Waals surface area (Å²) in [7, 11) is 0. The third kappa shape index (κ3) is 1.65. The minimum atomic E-state index is -0.808. The zero-order valence-electron chi connectivity index (χ0n) is 7.91. The Labute approximate surface area is 88.7 Å². The lowest BCUT2D eigenvalue weighted by molar-refractivity contribution is 0.0432. The summed E-state index contributed by atoms with van der Waals surface area (Å²) in [6.07, 6.45) is 2.18. The third-order valence-electron chi connectivity index (χ3n) is 2.90. The molecule has 0 saturated heterocycles. The fourth-order valence-electron chi connectivity index (χ4n) is 2.15. The van der Waals surface area contributed by atoms with Crippen molar-refractivity contribution in [1.82, 2.24) is 0 Å². The van der Waals surface area contributed by atoms with Gasteiger partial charge in [-0.2, -0.15) is 0 Å². The van der Waals surface area contributed by atoms with Crippen LogP contribution in [0.4, 0.5) is 0 Å². The van der Waals surface area contributed by atoms with Gasteiger partial charge in [0.15, 0.2) is 0 Å². The van der Waals surface area contributed by atoms with E-state index in [1.54, 1.807) is 6.07 Å². The van der Waals surface area contributed by atoms with Crippen LogP contribution < -0.4 is 5.73 Å². The quantitative estimate of drug-likeness (QED) is 0.747. The van der Waals surface area contributed by atoms with Gasteiger partial charge in [0.2, 0.25) is 0 Å². The molecule has 1 saturated carbocycles. The molecular weight excluding hydrogens is 198 g/mol. The van der Waals surface area contributed by atoms with Crippen LogP contribution in [0.15, 0.2) is 24.3 Å². The van der Waals surface area contributed by atoms with Crippen LogP contribution in [-0.2, 0) is 5.60 Å².